The number of hydrogen-bond acceptors (Lipinski definition) is 4. The van der Waals surface area contributed by atoms with Crippen LogP contribution in [0.2, 0.25) is 0 Å². The predicted octanol–water partition coefficient (Wildman–Crippen LogP) is -0.277. The van der Waals surface area contributed by atoms with Crippen LogP contribution < -0.4 is 10.6 Å². The fourth-order valence-electron chi connectivity index (χ4n) is 2.22. The van der Waals surface area contributed by atoms with Gasteiger partial charge in [-0.15, -0.1) is 0 Å². The average molecular weight is 282 g/mol. The van der Waals surface area contributed by atoms with E-state index in [1.807, 2.05) is 13.0 Å². The van der Waals surface area contributed by atoms with Gasteiger partial charge in [-0.3, -0.25) is 9.59 Å². The van der Waals surface area contributed by atoms with Crippen molar-refractivity contribution in [1.82, 2.24) is 10.6 Å². The lowest BCUT2D eigenvalue weighted by Gasteiger charge is -2.31. The Morgan fingerprint density at radius 3 is 2.70 bits per heavy atom. The number of aliphatic hydroxyl groups is 1. The van der Waals surface area contributed by atoms with Gasteiger partial charge in [-0.1, -0.05) is 12.2 Å². The maximum absolute atomic E-state index is 11.7. The molecule has 1 aliphatic heterocycles. The highest BCUT2D eigenvalue weighted by molar-refractivity contribution is 5.81. The molecule has 2 amide bonds. The van der Waals surface area contributed by atoms with Crippen LogP contribution in [-0.4, -0.2) is 48.3 Å². The van der Waals surface area contributed by atoms with Crippen molar-refractivity contribution >= 4 is 11.8 Å². The van der Waals surface area contributed by atoms with Gasteiger partial charge in [-0.05, 0) is 19.8 Å². The Labute approximate surface area is 118 Å². The molecular formula is C14H22N2O4. The fraction of sp³-hybridized carbons (Fsp3) is 0.714. The number of ether oxygens (including phenoxy) is 1. The Morgan fingerprint density at radius 2 is 2.10 bits per heavy atom. The number of aliphatic hydroxyl groups excluding tert-OH is 1. The number of carbonyl (C=O) groups excluding carboxylic acids is 2. The van der Waals surface area contributed by atoms with E-state index in [1.54, 1.807) is 6.08 Å². The maximum Gasteiger partial charge on any atom is 0.223 e. The molecule has 0 radical (unpaired) electrons. The summed E-state index contributed by atoms with van der Waals surface area (Å²) in [5.41, 5.74) is 0. The minimum atomic E-state index is -0.498. The van der Waals surface area contributed by atoms with Crippen molar-refractivity contribution in [3.05, 3.63) is 12.2 Å². The highest BCUT2D eigenvalue weighted by Crippen LogP contribution is 2.29. The van der Waals surface area contributed by atoms with E-state index in [2.05, 4.69) is 10.6 Å². The fourth-order valence-corrected chi connectivity index (χ4v) is 2.22. The molecule has 6 nitrogen and oxygen atoms in total. The van der Waals surface area contributed by atoms with Crippen LogP contribution in [0.3, 0.4) is 0 Å². The van der Waals surface area contributed by atoms with Crippen LogP contribution in [0.15, 0.2) is 12.2 Å². The Morgan fingerprint density at radius 1 is 1.35 bits per heavy atom. The van der Waals surface area contributed by atoms with E-state index in [9.17, 15) is 14.7 Å². The standard InChI is InChI=1S/C14H22N2O4/c1-2-15-13(18)7-10-5-6-11(12(8-17)20-10)16-14(19)9-3-4-9/h5-6,9-12,17H,2-4,7-8H2,1H3,(H,15,18)(H,16,19)/t10-,11-,12-/m0/s1. The SMILES string of the molecule is CCNC(=O)C[C@@H]1C=C[C@H](NC(=O)C2CC2)[C@H](CO)O1. The summed E-state index contributed by atoms with van der Waals surface area (Å²) >= 11 is 0. The second-order valence-electron chi connectivity index (χ2n) is 5.25. The summed E-state index contributed by atoms with van der Waals surface area (Å²) in [6.07, 6.45) is 4.84. The van der Waals surface area contributed by atoms with Gasteiger partial charge in [-0.25, -0.2) is 0 Å². The normalized spacial score (nSPS) is 29.0. The lowest BCUT2D eigenvalue weighted by molar-refractivity contribution is -0.128. The van der Waals surface area contributed by atoms with Gasteiger partial charge < -0.3 is 20.5 Å². The monoisotopic (exact) mass is 282 g/mol. The first-order valence-corrected chi connectivity index (χ1v) is 7.15. The van der Waals surface area contributed by atoms with E-state index in [0.717, 1.165) is 12.8 Å². The Kier molecular flexibility index (Phi) is 5.14. The van der Waals surface area contributed by atoms with E-state index in [4.69, 9.17) is 4.74 Å². The molecule has 3 atom stereocenters. The molecule has 0 aromatic rings. The highest BCUT2D eigenvalue weighted by atomic mass is 16.5. The number of rotatable bonds is 6. The molecule has 112 valence electrons. The molecular weight excluding hydrogens is 260 g/mol. The minimum Gasteiger partial charge on any atom is -0.394 e. The molecule has 2 aliphatic rings. The van der Waals surface area contributed by atoms with Gasteiger partial charge in [0.05, 0.1) is 25.2 Å². The van der Waals surface area contributed by atoms with Crippen molar-refractivity contribution in [3.63, 3.8) is 0 Å². The molecule has 0 bridgehead atoms. The zero-order valence-corrected chi connectivity index (χ0v) is 11.7. The van der Waals surface area contributed by atoms with Crippen molar-refractivity contribution in [2.75, 3.05) is 13.2 Å². The molecule has 0 unspecified atom stereocenters. The summed E-state index contributed by atoms with van der Waals surface area (Å²) in [4.78, 5) is 23.2. The van der Waals surface area contributed by atoms with Gasteiger partial charge >= 0.3 is 0 Å². The molecule has 6 heteroatoms. The van der Waals surface area contributed by atoms with Crippen LogP contribution in [0.5, 0.6) is 0 Å². The topological polar surface area (TPSA) is 87.7 Å². The first kappa shape index (κ1) is 15.0. The van der Waals surface area contributed by atoms with Crippen LogP contribution in [0.4, 0.5) is 0 Å². The molecule has 3 N–H and O–H groups in total. The Bertz CT molecular complexity index is 393. The van der Waals surface area contributed by atoms with Crippen LogP contribution in [-0.2, 0) is 14.3 Å². The van der Waals surface area contributed by atoms with Gasteiger partial charge in [-0.2, -0.15) is 0 Å². The third kappa shape index (κ3) is 4.05. The second kappa shape index (κ2) is 6.85. The quantitative estimate of drug-likeness (QED) is 0.585. The number of amides is 2. The molecule has 0 aromatic heterocycles. The third-order valence-electron chi connectivity index (χ3n) is 3.48. The molecule has 20 heavy (non-hydrogen) atoms. The lowest BCUT2D eigenvalue weighted by atomic mass is 10.0. The summed E-state index contributed by atoms with van der Waals surface area (Å²) < 4.78 is 5.65. The summed E-state index contributed by atoms with van der Waals surface area (Å²) in [6, 6.07) is -0.321. The second-order valence-corrected chi connectivity index (χ2v) is 5.25. The van der Waals surface area contributed by atoms with Gasteiger partial charge in [0.25, 0.3) is 0 Å². The molecule has 0 saturated heterocycles. The molecule has 1 fully saturated rings. The first-order valence-electron chi connectivity index (χ1n) is 7.15. The van der Waals surface area contributed by atoms with E-state index in [-0.39, 0.29) is 42.9 Å². The summed E-state index contributed by atoms with van der Waals surface area (Å²) in [6.45, 7) is 2.25. The van der Waals surface area contributed by atoms with E-state index in [0.29, 0.717) is 6.54 Å². The van der Waals surface area contributed by atoms with Crippen LogP contribution >= 0.6 is 0 Å². The number of nitrogens with one attached hydrogen (secondary N) is 2. The smallest absolute Gasteiger partial charge is 0.223 e. The van der Waals surface area contributed by atoms with E-state index < -0.39 is 6.10 Å². The average Bonchev–Trinajstić information content (AvgIpc) is 3.25. The van der Waals surface area contributed by atoms with Crippen molar-refractivity contribution in [1.29, 1.82) is 0 Å². The maximum atomic E-state index is 11.7. The molecule has 1 saturated carbocycles. The molecule has 2 rings (SSSR count). The minimum absolute atomic E-state index is 0.0175. The highest BCUT2D eigenvalue weighted by Gasteiger charge is 2.34. The Balaban J connectivity index is 1.88. The zero-order chi connectivity index (χ0) is 14.5. The van der Waals surface area contributed by atoms with Crippen LogP contribution in [0, 0.1) is 5.92 Å². The van der Waals surface area contributed by atoms with Gasteiger partial charge in [0.2, 0.25) is 11.8 Å². The predicted molar refractivity (Wildman–Crippen MR) is 72.8 cm³/mol. The largest absolute Gasteiger partial charge is 0.394 e. The summed E-state index contributed by atoms with van der Waals surface area (Å²) in [5.74, 6) is 0.0546. The molecule has 0 aromatic carbocycles. The van der Waals surface area contributed by atoms with Crippen molar-refractivity contribution in [3.8, 4) is 0 Å². The van der Waals surface area contributed by atoms with Crippen molar-refractivity contribution < 1.29 is 19.4 Å². The van der Waals surface area contributed by atoms with Crippen molar-refractivity contribution in [2.24, 2.45) is 5.92 Å². The van der Waals surface area contributed by atoms with Crippen LogP contribution in [0.25, 0.3) is 0 Å². The lowest BCUT2D eigenvalue weighted by Crippen LogP contribution is -2.49. The van der Waals surface area contributed by atoms with Gasteiger partial charge in [0.15, 0.2) is 0 Å². The zero-order valence-electron chi connectivity index (χ0n) is 11.7. The number of carbonyl (C=O) groups is 2. The van der Waals surface area contributed by atoms with Gasteiger partial charge in [0.1, 0.15) is 6.10 Å². The summed E-state index contributed by atoms with van der Waals surface area (Å²) in [5, 5.41) is 14.9. The summed E-state index contributed by atoms with van der Waals surface area (Å²) in [7, 11) is 0. The number of hydrogen-bond donors (Lipinski definition) is 3. The van der Waals surface area contributed by atoms with Crippen LogP contribution in [0.1, 0.15) is 26.2 Å². The Hall–Kier alpha value is -1.40. The van der Waals surface area contributed by atoms with Crippen molar-refractivity contribution in [2.45, 2.75) is 44.4 Å². The molecule has 1 aliphatic carbocycles. The first-order chi connectivity index (χ1) is 9.63. The van der Waals surface area contributed by atoms with Gasteiger partial charge in [0, 0.05) is 12.5 Å². The molecule has 1 heterocycles. The van der Waals surface area contributed by atoms with E-state index >= 15 is 0 Å². The molecule has 0 spiro atoms. The third-order valence-corrected chi connectivity index (χ3v) is 3.48. The van der Waals surface area contributed by atoms with E-state index in [1.165, 1.54) is 0 Å².